The lowest BCUT2D eigenvalue weighted by Gasteiger charge is -2.19. The molecule has 144 valence electrons. The van der Waals surface area contributed by atoms with E-state index in [0.29, 0.717) is 18.1 Å². The van der Waals surface area contributed by atoms with E-state index in [1.165, 1.54) is 38.8 Å². The molecule has 0 saturated carbocycles. The van der Waals surface area contributed by atoms with Crippen LogP contribution in [0, 0.1) is 6.92 Å². The van der Waals surface area contributed by atoms with E-state index in [1.54, 1.807) is 0 Å². The fraction of sp³-hybridized carbons (Fsp3) is 0.824. The minimum Gasteiger partial charge on any atom is -0.357 e. The Morgan fingerprint density at radius 3 is 2.60 bits per heavy atom. The largest absolute Gasteiger partial charge is 0.357 e. The second kappa shape index (κ2) is 13.3. The standard InChI is InChI=1S/C17H32N6O.HI/c1-3-18-17(20-11-9-16-21-15(2)22-24-16)19-10-8-14-23-12-6-4-5-7-13-23;/h3-14H2,1-2H3,(H2,18,19,20);1H. The van der Waals surface area contributed by atoms with Crippen molar-refractivity contribution in [1.82, 2.24) is 25.7 Å². The predicted octanol–water partition coefficient (Wildman–Crippen LogP) is 2.36. The monoisotopic (exact) mass is 464 g/mol. The highest BCUT2D eigenvalue weighted by Gasteiger charge is 2.08. The second-order valence-electron chi connectivity index (χ2n) is 6.28. The van der Waals surface area contributed by atoms with Crippen LogP contribution < -0.4 is 10.6 Å². The summed E-state index contributed by atoms with van der Waals surface area (Å²) in [5.74, 6) is 2.21. The molecule has 2 N–H and O–H groups in total. The summed E-state index contributed by atoms with van der Waals surface area (Å²) >= 11 is 0. The molecule has 1 saturated heterocycles. The van der Waals surface area contributed by atoms with Gasteiger partial charge in [-0.15, -0.1) is 24.0 Å². The van der Waals surface area contributed by atoms with Crippen LogP contribution in [0.25, 0.3) is 0 Å². The number of guanidine groups is 1. The Hall–Kier alpha value is -0.900. The maximum absolute atomic E-state index is 5.12. The van der Waals surface area contributed by atoms with E-state index in [4.69, 9.17) is 4.52 Å². The molecule has 1 aromatic heterocycles. The van der Waals surface area contributed by atoms with Crippen molar-refractivity contribution in [1.29, 1.82) is 0 Å². The molecule has 25 heavy (non-hydrogen) atoms. The molecule has 0 atom stereocenters. The number of likely N-dealkylation sites (tertiary alicyclic amines) is 1. The van der Waals surface area contributed by atoms with Gasteiger partial charge in [0, 0.05) is 26.1 Å². The van der Waals surface area contributed by atoms with E-state index < -0.39 is 0 Å². The molecule has 7 nitrogen and oxygen atoms in total. The summed E-state index contributed by atoms with van der Waals surface area (Å²) in [6.07, 6.45) is 7.30. The molecule has 2 heterocycles. The highest BCUT2D eigenvalue weighted by atomic mass is 127. The molecule has 0 bridgehead atoms. The Morgan fingerprint density at radius 1 is 1.20 bits per heavy atom. The van der Waals surface area contributed by atoms with Crippen LogP contribution >= 0.6 is 24.0 Å². The van der Waals surface area contributed by atoms with Gasteiger partial charge < -0.3 is 20.1 Å². The highest BCUT2D eigenvalue weighted by Crippen LogP contribution is 2.09. The van der Waals surface area contributed by atoms with E-state index >= 15 is 0 Å². The maximum atomic E-state index is 5.12. The van der Waals surface area contributed by atoms with Gasteiger partial charge in [0.1, 0.15) is 0 Å². The van der Waals surface area contributed by atoms with Gasteiger partial charge in [0.25, 0.3) is 0 Å². The van der Waals surface area contributed by atoms with E-state index in [9.17, 15) is 0 Å². The molecule has 0 radical (unpaired) electrons. The SMILES string of the molecule is CCNC(=NCCCN1CCCCCC1)NCCc1nc(C)no1.I. The Labute approximate surface area is 168 Å². The molecule has 0 spiro atoms. The fourth-order valence-electron chi connectivity index (χ4n) is 2.92. The van der Waals surface area contributed by atoms with Crippen molar-refractivity contribution in [3.05, 3.63) is 11.7 Å². The Kier molecular flexibility index (Phi) is 11.8. The van der Waals surface area contributed by atoms with Crippen molar-refractivity contribution in [2.45, 2.75) is 52.4 Å². The van der Waals surface area contributed by atoms with Gasteiger partial charge in [-0.05, 0) is 52.7 Å². The molecule has 8 heteroatoms. The molecule has 1 fully saturated rings. The topological polar surface area (TPSA) is 78.6 Å². The lowest BCUT2D eigenvalue weighted by Crippen LogP contribution is -2.38. The number of aliphatic imine (C=N–C) groups is 1. The van der Waals surface area contributed by atoms with Crippen LogP contribution in [0.3, 0.4) is 0 Å². The molecular formula is C17H33IN6O. The molecule has 0 amide bonds. The quantitative estimate of drug-likeness (QED) is 0.266. The zero-order valence-electron chi connectivity index (χ0n) is 15.6. The number of halogens is 1. The summed E-state index contributed by atoms with van der Waals surface area (Å²) in [5, 5.41) is 10.4. The van der Waals surface area contributed by atoms with Crippen LogP contribution in [0.2, 0.25) is 0 Å². The number of rotatable bonds is 8. The minimum atomic E-state index is 0. The second-order valence-corrected chi connectivity index (χ2v) is 6.28. The molecule has 0 unspecified atom stereocenters. The summed E-state index contributed by atoms with van der Waals surface area (Å²) in [5.41, 5.74) is 0. The first-order valence-electron chi connectivity index (χ1n) is 9.31. The van der Waals surface area contributed by atoms with Crippen molar-refractivity contribution in [2.24, 2.45) is 4.99 Å². The van der Waals surface area contributed by atoms with E-state index in [-0.39, 0.29) is 24.0 Å². The number of hydrogen-bond acceptors (Lipinski definition) is 5. The van der Waals surface area contributed by atoms with Crippen LogP contribution in [-0.4, -0.2) is 60.3 Å². The highest BCUT2D eigenvalue weighted by molar-refractivity contribution is 14.0. The first-order valence-corrected chi connectivity index (χ1v) is 9.31. The van der Waals surface area contributed by atoms with E-state index in [2.05, 4.69) is 37.6 Å². The summed E-state index contributed by atoms with van der Waals surface area (Å²) in [6, 6.07) is 0. The van der Waals surface area contributed by atoms with Gasteiger partial charge in [-0.3, -0.25) is 4.99 Å². The van der Waals surface area contributed by atoms with Gasteiger partial charge in [0.15, 0.2) is 11.8 Å². The Morgan fingerprint density at radius 2 is 1.96 bits per heavy atom. The Bertz CT molecular complexity index is 485. The van der Waals surface area contributed by atoms with E-state index in [1.807, 2.05) is 6.92 Å². The van der Waals surface area contributed by atoms with Gasteiger partial charge in [0.2, 0.25) is 5.89 Å². The van der Waals surface area contributed by atoms with Gasteiger partial charge in [-0.25, -0.2) is 0 Å². The third-order valence-electron chi connectivity index (χ3n) is 4.15. The van der Waals surface area contributed by atoms with Crippen LogP contribution in [0.4, 0.5) is 0 Å². The molecular weight excluding hydrogens is 431 g/mol. The fourth-order valence-corrected chi connectivity index (χ4v) is 2.92. The van der Waals surface area contributed by atoms with Crippen LogP contribution in [0.15, 0.2) is 9.52 Å². The molecule has 2 rings (SSSR count). The molecule has 0 aromatic carbocycles. The van der Waals surface area contributed by atoms with Crippen LogP contribution in [0.1, 0.15) is 50.7 Å². The van der Waals surface area contributed by atoms with Crippen molar-refractivity contribution in [3.63, 3.8) is 0 Å². The molecule has 1 aromatic rings. The third-order valence-corrected chi connectivity index (χ3v) is 4.15. The summed E-state index contributed by atoms with van der Waals surface area (Å²) in [6.45, 7) is 10.0. The first kappa shape index (κ1) is 22.1. The van der Waals surface area contributed by atoms with E-state index in [0.717, 1.165) is 38.6 Å². The number of aromatic nitrogens is 2. The first-order chi connectivity index (χ1) is 11.8. The zero-order valence-corrected chi connectivity index (χ0v) is 17.9. The van der Waals surface area contributed by atoms with Crippen molar-refractivity contribution in [2.75, 3.05) is 39.3 Å². The normalized spacial score (nSPS) is 16.2. The van der Waals surface area contributed by atoms with Crippen molar-refractivity contribution in [3.8, 4) is 0 Å². The van der Waals surface area contributed by atoms with Gasteiger partial charge >= 0.3 is 0 Å². The summed E-state index contributed by atoms with van der Waals surface area (Å²) in [4.78, 5) is 11.4. The molecule has 1 aliphatic heterocycles. The minimum absolute atomic E-state index is 0. The third kappa shape index (κ3) is 9.39. The van der Waals surface area contributed by atoms with Crippen molar-refractivity contribution >= 4 is 29.9 Å². The Balaban J connectivity index is 0.00000312. The average molecular weight is 464 g/mol. The van der Waals surface area contributed by atoms with Crippen molar-refractivity contribution < 1.29 is 4.52 Å². The number of nitrogens with one attached hydrogen (secondary N) is 2. The van der Waals surface area contributed by atoms with Crippen LogP contribution in [-0.2, 0) is 6.42 Å². The predicted molar refractivity (Wildman–Crippen MR) is 112 cm³/mol. The summed E-state index contributed by atoms with van der Waals surface area (Å²) in [7, 11) is 0. The van der Waals surface area contributed by atoms with Gasteiger partial charge in [-0.1, -0.05) is 18.0 Å². The molecule has 1 aliphatic rings. The lowest BCUT2D eigenvalue weighted by atomic mass is 10.2. The number of nitrogens with zero attached hydrogens (tertiary/aromatic N) is 4. The maximum Gasteiger partial charge on any atom is 0.228 e. The number of aryl methyl sites for hydroxylation is 1. The van der Waals surface area contributed by atoms with Gasteiger partial charge in [0.05, 0.1) is 0 Å². The molecule has 0 aliphatic carbocycles. The average Bonchev–Trinajstić information content (AvgIpc) is 2.83. The summed E-state index contributed by atoms with van der Waals surface area (Å²) < 4.78 is 5.12. The van der Waals surface area contributed by atoms with Gasteiger partial charge in [-0.2, -0.15) is 4.98 Å². The number of hydrogen-bond donors (Lipinski definition) is 2. The lowest BCUT2D eigenvalue weighted by molar-refractivity contribution is 0.283. The zero-order chi connectivity index (χ0) is 17.0. The van der Waals surface area contributed by atoms with Crippen LogP contribution in [0.5, 0.6) is 0 Å². The smallest absolute Gasteiger partial charge is 0.228 e.